The van der Waals surface area contributed by atoms with Crippen LogP contribution in [0.1, 0.15) is 30.1 Å². The van der Waals surface area contributed by atoms with E-state index in [2.05, 4.69) is 0 Å². The Hall–Kier alpha value is -1.80. The SMILES string of the molecule is CCCC(=O)c1cc(-c2ccccc2)cc(Cl)c1O. The van der Waals surface area contributed by atoms with Gasteiger partial charge in [-0.15, -0.1) is 0 Å². The number of aromatic hydroxyl groups is 1. The third kappa shape index (κ3) is 2.96. The molecule has 2 aromatic carbocycles. The van der Waals surface area contributed by atoms with Crippen LogP contribution in [-0.4, -0.2) is 10.9 Å². The number of rotatable bonds is 4. The average Bonchev–Trinajstić information content (AvgIpc) is 2.43. The minimum absolute atomic E-state index is 0.0836. The van der Waals surface area contributed by atoms with Gasteiger partial charge in [-0.05, 0) is 29.7 Å². The van der Waals surface area contributed by atoms with Gasteiger partial charge in [-0.2, -0.15) is 0 Å². The first-order chi connectivity index (χ1) is 9.13. The van der Waals surface area contributed by atoms with Crippen LogP contribution in [0.4, 0.5) is 0 Å². The van der Waals surface area contributed by atoms with Crippen molar-refractivity contribution in [3.63, 3.8) is 0 Å². The molecule has 0 atom stereocenters. The fraction of sp³-hybridized carbons (Fsp3) is 0.188. The van der Waals surface area contributed by atoms with Crippen LogP contribution in [0.2, 0.25) is 5.02 Å². The summed E-state index contributed by atoms with van der Waals surface area (Å²) in [5, 5.41) is 10.1. The van der Waals surface area contributed by atoms with Crippen LogP contribution in [0.5, 0.6) is 5.75 Å². The molecule has 0 heterocycles. The highest BCUT2D eigenvalue weighted by molar-refractivity contribution is 6.33. The Kier molecular flexibility index (Phi) is 4.23. The maximum atomic E-state index is 12.0. The molecule has 0 radical (unpaired) electrons. The van der Waals surface area contributed by atoms with Gasteiger partial charge in [0.25, 0.3) is 0 Å². The zero-order valence-electron chi connectivity index (χ0n) is 10.7. The summed E-state index contributed by atoms with van der Waals surface area (Å²) in [5.41, 5.74) is 2.10. The van der Waals surface area contributed by atoms with Gasteiger partial charge in [-0.1, -0.05) is 48.9 Å². The number of carbonyl (C=O) groups is 1. The second-order valence-corrected chi connectivity index (χ2v) is 4.80. The lowest BCUT2D eigenvalue weighted by Crippen LogP contribution is -1.99. The van der Waals surface area contributed by atoms with E-state index in [1.165, 1.54) is 0 Å². The molecule has 3 heteroatoms. The smallest absolute Gasteiger partial charge is 0.166 e. The molecular weight excluding hydrogens is 260 g/mol. The Bertz CT molecular complexity index is 591. The summed E-state index contributed by atoms with van der Waals surface area (Å²) in [6.45, 7) is 1.93. The molecule has 0 fully saturated rings. The molecule has 19 heavy (non-hydrogen) atoms. The lowest BCUT2D eigenvalue weighted by atomic mass is 9.99. The number of Topliss-reactive ketones (excluding diaryl/α,β-unsaturated/α-hetero) is 1. The third-order valence-electron chi connectivity index (χ3n) is 2.95. The fourth-order valence-electron chi connectivity index (χ4n) is 1.97. The quantitative estimate of drug-likeness (QED) is 0.821. The van der Waals surface area contributed by atoms with E-state index in [0.717, 1.165) is 17.5 Å². The molecule has 0 aliphatic heterocycles. The summed E-state index contributed by atoms with van der Waals surface area (Å²) >= 11 is 6.01. The number of phenolic OH excluding ortho intramolecular Hbond substituents is 1. The maximum absolute atomic E-state index is 12.0. The van der Waals surface area contributed by atoms with Crippen molar-refractivity contribution >= 4 is 17.4 Å². The fourth-order valence-corrected chi connectivity index (χ4v) is 2.19. The van der Waals surface area contributed by atoms with Crippen LogP contribution in [0.15, 0.2) is 42.5 Å². The van der Waals surface area contributed by atoms with E-state index < -0.39 is 0 Å². The van der Waals surface area contributed by atoms with Crippen molar-refractivity contribution in [2.45, 2.75) is 19.8 Å². The van der Waals surface area contributed by atoms with E-state index in [1.54, 1.807) is 12.1 Å². The van der Waals surface area contributed by atoms with Crippen molar-refractivity contribution in [1.82, 2.24) is 0 Å². The first-order valence-corrected chi connectivity index (χ1v) is 6.62. The van der Waals surface area contributed by atoms with Crippen LogP contribution in [-0.2, 0) is 0 Å². The lowest BCUT2D eigenvalue weighted by molar-refractivity contribution is 0.0979. The van der Waals surface area contributed by atoms with Gasteiger partial charge in [-0.3, -0.25) is 4.79 Å². The summed E-state index contributed by atoms with van der Waals surface area (Å²) < 4.78 is 0. The van der Waals surface area contributed by atoms with Gasteiger partial charge in [0.2, 0.25) is 0 Å². The monoisotopic (exact) mass is 274 g/mol. The Morgan fingerprint density at radius 3 is 2.47 bits per heavy atom. The zero-order valence-corrected chi connectivity index (χ0v) is 11.4. The van der Waals surface area contributed by atoms with Crippen LogP contribution < -0.4 is 0 Å². The van der Waals surface area contributed by atoms with Crippen molar-refractivity contribution < 1.29 is 9.90 Å². The second kappa shape index (κ2) is 5.89. The van der Waals surface area contributed by atoms with Gasteiger partial charge in [0.05, 0.1) is 10.6 Å². The normalized spacial score (nSPS) is 10.4. The first-order valence-electron chi connectivity index (χ1n) is 6.24. The minimum atomic E-state index is -0.125. The molecular formula is C16H15ClO2. The minimum Gasteiger partial charge on any atom is -0.506 e. The van der Waals surface area contributed by atoms with Crippen LogP contribution in [0, 0.1) is 0 Å². The highest BCUT2D eigenvalue weighted by Crippen LogP contribution is 2.34. The molecule has 98 valence electrons. The number of hydrogen-bond acceptors (Lipinski definition) is 2. The van der Waals surface area contributed by atoms with Gasteiger partial charge in [-0.25, -0.2) is 0 Å². The summed E-state index contributed by atoms with van der Waals surface area (Å²) in [4.78, 5) is 12.0. The van der Waals surface area contributed by atoms with E-state index in [4.69, 9.17) is 11.6 Å². The molecule has 0 unspecified atom stereocenters. The van der Waals surface area contributed by atoms with Gasteiger partial charge in [0, 0.05) is 6.42 Å². The Labute approximate surface area is 117 Å². The summed E-state index contributed by atoms with van der Waals surface area (Å²) in [6, 6.07) is 13.0. The van der Waals surface area contributed by atoms with Crippen molar-refractivity contribution in [3.8, 4) is 16.9 Å². The van der Waals surface area contributed by atoms with Crippen molar-refractivity contribution in [2.24, 2.45) is 0 Å². The highest BCUT2D eigenvalue weighted by atomic mass is 35.5. The number of ketones is 1. The Morgan fingerprint density at radius 1 is 1.16 bits per heavy atom. The van der Waals surface area contributed by atoms with Gasteiger partial charge < -0.3 is 5.11 Å². The average molecular weight is 275 g/mol. The number of hydrogen-bond donors (Lipinski definition) is 1. The van der Waals surface area contributed by atoms with E-state index >= 15 is 0 Å². The number of halogens is 1. The molecule has 0 amide bonds. The maximum Gasteiger partial charge on any atom is 0.166 e. The topological polar surface area (TPSA) is 37.3 Å². The molecule has 0 aromatic heterocycles. The van der Waals surface area contributed by atoms with Gasteiger partial charge in [0.15, 0.2) is 5.78 Å². The Morgan fingerprint density at radius 2 is 1.84 bits per heavy atom. The summed E-state index contributed by atoms with van der Waals surface area (Å²) in [5.74, 6) is -0.209. The molecule has 1 N–H and O–H groups in total. The predicted molar refractivity (Wildman–Crippen MR) is 77.8 cm³/mol. The molecule has 0 saturated carbocycles. The van der Waals surface area contributed by atoms with Crippen LogP contribution in [0.25, 0.3) is 11.1 Å². The van der Waals surface area contributed by atoms with Gasteiger partial charge in [0.1, 0.15) is 5.75 Å². The van der Waals surface area contributed by atoms with E-state index in [0.29, 0.717) is 12.0 Å². The molecule has 0 bridgehead atoms. The lowest BCUT2D eigenvalue weighted by Gasteiger charge is -2.09. The highest BCUT2D eigenvalue weighted by Gasteiger charge is 2.15. The molecule has 0 aliphatic carbocycles. The number of benzene rings is 2. The van der Waals surface area contributed by atoms with E-state index in [-0.39, 0.29) is 16.6 Å². The van der Waals surface area contributed by atoms with Crippen molar-refractivity contribution in [2.75, 3.05) is 0 Å². The summed E-state index contributed by atoms with van der Waals surface area (Å²) in [6.07, 6.45) is 1.15. The molecule has 0 spiro atoms. The van der Waals surface area contributed by atoms with Crippen LogP contribution in [0.3, 0.4) is 0 Å². The number of carbonyl (C=O) groups excluding carboxylic acids is 1. The van der Waals surface area contributed by atoms with Crippen molar-refractivity contribution in [1.29, 1.82) is 0 Å². The molecule has 2 nitrogen and oxygen atoms in total. The first kappa shape index (κ1) is 13.6. The van der Waals surface area contributed by atoms with E-state index in [9.17, 15) is 9.90 Å². The zero-order chi connectivity index (χ0) is 13.8. The molecule has 2 aromatic rings. The third-order valence-corrected chi connectivity index (χ3v) is 3.24. The Balaban J connectivity index is 2.51. The van der Waals surface area contributed by atoms with Crippen LogP contribution >= 0.6 is 11.6 Å². The predicted octanol–water partition coefficient (Wildman–Crippen LogP) is 4.70. The molecule has 0 saturated heterocycles. The second-order valence-electron chi connectivity index (χ2n) is 4.39. The molecule has 0 aliphatic rings. The van der Waals surface area contributed by atoms with Gasteiger partial charge >= 0.3 is 0 Å². The summed E-state index contributed by atoms with van der Waals surface area (Å²) in [7, 11) is 0. The largest absolute Gasteiger partial charge is 0.506 e. The number of phenols is 1. The molecule has 2 rings (SSSR count). The van der Waals surface area contributed by atoms with Crippen molar-refractivity contribution in [3.05, 3.63) is 53.1 Å². The van der Waals surface area contributed by atoms with E-state index in [1.807, 2.05) is 37.3 Å². The standard InChI is InChI=1S/C16H15ClO2/c1-2-6-15(18)13-9-12(10-14(17)16(13)19)11-7-4-3-5-8-11/h3-5,7-10,19H,2,6H2,1H3.